The summed E-state index contributed by atoms with van der Waals surface area (Å²) in [5.74, 6) is 0.372. The van der Waals surface area contributed by atoms with Crippen molar-refractivity contribution in [1.82, 2.24) is 4.90 Å². The van der Waals surface area contributed by atoms with E-state index in [-0.39, 0.29) is 11.7 Å². The fraction of sp³-hybridized carbons (Fsp3) is 0.389. The predicted octanol–water partition coefficient (Wildman–Crippen LogP) is 3.92. The van der Waals surface area contributed by atoms with Gasteiger partial charge in [-0.05, 0) is 61.6 Å². The van der Waals surface area contributed by atoms with Crippen molar-refractivity contribution in [2.75, 3.05) is 20.2 Å². The first-order valence-corrected chi connectivity index (χ1v) is 8.70. The maximum absolute atomic E-state index is 12.8. The number of amides is 1. The van der Waals surface area contributed by atoms with Crippen LogP contribution in [0.4, 0.5) is 4.39 Å². The Balaban J connectivity index is 1.53. The summed E-state index contributed by atoms with van der Waals surface area (Å²) in [4.78, 5) is 16.4. The normalized spacial score (nSPS) is 13.5. The molecule has 0 spiro atoms. The average Bonchev–Trinajstić information content (AvgIpc) is 3.00. The molecule has 1 aliphatic carbocycles. The van der Waals surface area contributed by atoms with Gasteiger partial charge in [-0.25, -0.2) is 4.39 Å². The van der Waals surface area contributed by atoms with Gasteiger partial charge in [0.05, 0.1) is 11.4 Å². The molecular formula is C18H20FNO2S. The third kappa shape index (κ3) is 3.91. The Kier molecular flexibility index (Phi) is 4.96. The number of benzene rings is 1. The van der Waals surface area contributed by atoms with Gasteiger partial charge in [0, 0.05) is 11.9 Å². The molecule has 0 fully saturated rings. The van der Waals surface area contributed by atoms with Gasteiger partial charge in [0.1, 0.15) is 18.2 Å². The largest absolute Gasteiger partial charge is 0.492 e. The summed E-state index contributed by atoms with van der Waals surface area (Å²) in [7, 11) is 1.79. The lowest BCUT2D eigenvalue weighted by Gasteiger charge is -2.16. The van der Waals surface area contributed by atoms with Crippen LogP contribution in [-0.4, -0.2) is 31.0 Å². The van der Waals surface area contributed by atoms with E-state index in [9.17, 15) is 9.18 Å². The third-order valence-electron chi connectivity index (χ3n) is 4.06. The molecule has 0 bridgehead atoms. The van der Waals surface area contributed by atoms with E-state index < -0.39 is 0 Å². The van der Waals surface area contributed by atoms with Gasteiger partial charge in [0.15, 0.2) is 0 Å². The molecule has 1 amide bonds. The number of likely N-dealkylation sites (N-methyl/N-ethyl adjacent to an activating group) is 1. The highest BCUT2D eigenvalue weighted by Crippen LogP contribution is 2.30. The zero-order valence-electron chi connectivity index (χ0n) is 13.2. The van der Waals surface area contributed by atoms with Crippen molar-refractivity contribution in [3.8, 4) is 5.75 Å². The lowest BCUT2D eigenvalue weighted by atomic mass is 9.99. The van der Waals surface area contributed by atoms with Gasteiger partial charge in [-0.1, -0.05) is 0 Å². The average molecular weight is 333 g/mol. The Morgan fingerprint density at radius 3 is 2.74 bits per heavy atom. The van der Waals surface area contributed by atoms with E-state index in [0.29, 0.717) is 18.9 Å². The number of halogens is 1. The zero-order chi connectivity index (χ0) is 16.2. The monoisotopic (exact) mass is 333 g/mol. The number of carbonyl (C=O) groups excluding carboxylic acids is 1. The van der Waals surface area contributed by atoms with Crippen LogP contribution in [0.25, 0.3) is 0 Å². The fourth-order valence-electron chi connectivity index (χ4n) is 2.72. The Bertz CT molecular complexity index is 657. The van der Waals surface area contributed by atoms with Crippen molar-refractivity contribution in [3.05, 3.63) is 51.5 Å². The molecule has 1 aliphatic rings. The maximum atomic E-state index is 12.8. The summed E-state index contributed by atoms with van der Waals surface area (Å²) in [6, 6.07) is 7.95. The van der Waals surface area contributed by atoms with E-state index in [0.717, 1.165) is 17.7 Å². The molecule has 23 heavy (non-hydrogen) atoms. The van der Waals surface area contributed by atoms with Crippen LogP contribution in [0.1, 0.15) is 33.0 Å². The summed E-state index contributed by atoms with van der Waals surface area (Å²) in [5, 5.41) is 0. The van der Waals surface area contributed by atoms with Gasteiger partial charge >= 0.3 is 0 Å². The molecule has 1 aromatic heterocycles. The van der Waals surface area contributed by atoms with Gasteiger partial charge in [-0.2, -0.15) is 0 Å². The summed E-state index contributed by atoms with van der Waals surface area (Å²) in [6.45, 7) is 0.887. The molecule has 122 valence electrons. The molecule has 0 aliphatic heterocycles. The summed E-state index contributed by atoms with van der Waals surface area (Å²) >= 11 is 1.63. The number of hydrogen-bond donors (Lipinski definition) is 0. The van der Waals surface area contributed by atoms with E-state index in [1.165, 1.54) is 35.4 Å². The first-order valence-electron chi connectivity index (χ1n) is 7.89. The first kappa shape index (κ1) is 16.0. The minimum absolute atomic E-state index is 0.0482. The molecule has 0 unspecified atom stereocenters. The van der Waals surface area contributed by atoms with Crippen molar-refractivity contribution in [2.45, 2.75) is 25.7 Å². The highest BCUT2D eigenvalue weighted by Gasteiger charge is 2.19. The van der Waals surface area contributed by atoms with Crippen LogP contribution < -0.4 is 4.74 Å². The smallest absolute Gasteiger partial charge is 0.263 e. The minimum atomic E-state index is -0.286. The van der Waals surface area contributed by atoms with Gasteiger partial charge < -0.3 is 9.64 Å². The van der Waals surface area contributed by atoms with Crippen LogP contribution in [0.5, 0.6) is 5.75 Å². The second-order valence-corrected chi connectivity index (χ2v) is 6.93. The SMILES string of the molecule is CN(CCOc1ccc(F)cc1)C(=O)c1cc2c(s1)CCCC2. The number of ether oxygens (including phenoxy) is 1. The van der Waals surface area contributed by atoms with Crippen LogP contribution >= 0.6 is 11.3 Å². The Labute approximate surface area is 139 Å². The standard InChI is InChI=1S/C18H20FNO2S/c1-20(10-11-22-15-8-6-14(19)7-9-15)18(21)17-12-13-4-2-3-5-16(13)23-17/h6-9,12H,2-5,10-11H2,1H3. The van der Waals surface area contributed by atoms with E-state index in [1.807, 2.05) is 0 Å². The molecular weight excluding hydrogens is 313 g/mol. The number of nitrogens with zero attached hydrogens (tertiary/aromatic N) is 1. The van der Waals surface area contributed by atoms with Crippen molar-refractivity contribution >= 4 is 17.2 Å². The Hall–Kier alpha value is -1.88. The minimum Gasteiger partial charge on any atom is -0.492 e. The van der Waals surface area contributed by atoms with Crippen molar-refractivity contribution < 1.29 is 13.9 Å². The Morgan fingerprint density at radius 2 is 2.00 bits per heavy atom. The molecule has 0 saturated heterocycles. The maximum Gasteiger partial charge on any atom is 0.263 e. The molecule has 0 saturated carbocycles. The predicted molar refractivity (Wildman–Crippen MR) is 89.8 cm³/mol. The van der Waals surface area contributed by atoms with Gasteiger partial charge in [-0.3, -0.25) is 4.79 Å². The van der Waals surface area contributed by atoms with E-state index in [1.54, 1.807) is 35.4 Å². The van der Waals surface area contributed by atoms with Crippen molar-refractivity contribution in [1.29, 1.82) is 0 Å². The molecule has 3 nitrogen and oxygen atoms in total. The third-order valence-corrected chi connectivity index (χ3v) is 5.29. The van der Waals surface area contributed by atoms with Crippen LogP contribution in [-0.2, 0) is 12.8 Å². The number of fused-ring (bicyclic) bond motifs is 1. The molecule has 5 heteroatoms. The second kappa shape index (κ2) is 7.13. The highest BCUT2D eigenvalue weighted by atomic mass is 32.1. The molecule has 1 heterocycles. The van der Waals surface area contributed by atoms with Crippen molar-refractivity contribution in [3.63, 3.8) is 0 Å². The Morgan fingerprint density at radius 1 is 1.26 bits per heavy atom. The first-order chi connectivity index (χ1) is 11.1. The fourth-order valence-corrected chi connectivity index (χ4v) is 3.97. The lowest BCUT2D eigenvalue weighted by Crippen LogP contribution is -2.30. The van der Waals surface area contributed by atoms with Crippen molar-refractivity contribution in [2.24, 2.45) is 0 Å². The number of rotatable bonds is 5. The molecule has 0 N–H and O–H groups in total. The van der Waals surface area contributed by atoms with Crippen LogP contribution in [0.3, 0.4) is 0 Å². The van der Waals surface area contributed by atoms with Crippen LogP contribution in [0, 0.1) is 5.82 Å². The second-order valence-electron chi connectivity index (χ2n) is 5.80. The summed E-state index contributed by atoms with van der Waals surface area (Å²) in [5.41, 5.74) is 1.35. The molecule has 3 rings (SSSR count). The zero-order valence-corrected chi connectivity index (χ0v) is 14.0. The molecule has 0 atom stereocenters. The number of carbonyl (C=O) groups is 1. The quantitative estimate of drug-likeness (QED) is 0.830. The van der Waals surface area contributed by atoms with Gasteiger partial charge in [0.25, 0.3) is 5.91 Å². The lowest BCUT2D eigenvalue weighted by molar-refractivity contribution is 0.0778. The molecule has 0 radical (unpaired) electrons. The topological polar surface area (TPSA) is 29.5 Å². The number of aryl methyl sites for hydroxylation is 2. The summed E-state index contributed by atoms with van der Waals surface area (Å²) < 4.78 is 18.4. The van der Waals surface area contributed by atoms with E-state index in [2.05, 4.69) is 6.07 Å². The summed E-state index contributed by atoms with van der Waals surface area (Å²) in [6.07, 6.45) is 4.64. The van der Waals surface area contributed by atoms with Crippen LogP contribution in [0.15, 0.2) is 30.3 Å². The van der Waals surface area contributed by atoms with Crippen LogP contribution in [0.2, 0.25) is 0 Å². The van der Waals surface area contributed by atoms with E-state index in [4.69, 9.17) is 4.74 Å². The molecule has 2 aromatic rings. The number of hydrogen-bond acceptors (Lipinski definition) is 3. The number of thiophene rings is 1. The molecule has 1 aromatic carbocycles. The highest BCUT2D eigenvalue weighted by molar-refractivity contribution is 7.14. The van der Waals surface area contributed by atoms with E-state index >= 15 is 0 Å². The van der Waals surface area contributed by atoms with Gasteiger partial charge in [0.2, 0.25) is 0 Å². The van der Waals surface area contributed by atoms with Gasteiger partial charge in [-0.15, -0.1) is 11.3 Å².